The van der Waals surface area contributed by atoms with E-state index in [4.69, 9.17) is 0 Å². The van der Waals surface area contributed by atoms with Crippen molar-refractivity contribution in [1.82, 2.24) is 5.32 Å². The highest BCUT2D eigenvalue weighted by atomic mass is 14.9. The molecule has 1 nitrogen and oxygen atoms in total. The molecule has 2 aliphatic rings. The Hall–Kier alpha value is -0.820. The predicted molar refractivity (Wildman–Crippen MR) is 61.2 cm³/mol. The van der Waals surface area contributed by atoms with Gasteiger partial charge in [0.2, 0.25) is 0 Å². The molecule has 1 saturated heterocycles. The summed E-state index contributed by atoms with van der Waals surface area (Å²) in [6.07, 6.45) is 12.8. The van der Waals surface area contributed by atoms with Crippen LogP contribution in [0.3, 0.4) is 0 Å². The van der Waals surface area contributed by atoms with Gasteiger partial charge in [-0.25, -0.2) is 0 Å². The summed E-state index contributed by atoms with van der Waals surface area (Å²) in [6.45, 7) is 4.98. The van der Waals surface area contributed by atoms with E-state index in [2.05, 4.69) is 24.0 Å². The van der Waals surface area contributed by atoms with Crippen LogP contribution < -0.4 is 5.32 Å². The van der Waals surface area contributed by atoms with E-state index in [0.717, 1.165) is 6.42 Å². The van der Waals surface area contributed by atoms with Crippen molar-refractivity contribution < 1.29 is 0 Å². The Morgan fingerprint density at radius 1 is 1.43 bits per heavy atom. The van der Waals surface area contributed by atoms with Crippen molar-refractivity contribution in [3.8, 4) is 0 Å². The van der Waals surface area contributed by atoms with Crippen molar-refractivity contribution in [2.45, 2.75) is 38.1 Å². The Kier molecular flexibility index (Phi) is 3.20. The molecule has 2 rings (SSSR count). The number of rotatable bonds is 3. The molecule has 0 spiro atoms. The second-order valence-electron chi connectivity index (χ2n) is 4.24. The van der Waals surface area contributed by atoms with Crippen molar-refractivity contribution in [3.05, 3.63) is 36.0 Å². The molecule has 1 unspecified atom stereocenters. The Labute approximate surface area is 86.6 Å². The van der Waals surface area contributed by atoms with E-state index < -0.39 is 0 Å². The molecular weight excluding hydrogens is 170 g/mol. The Morgan fingerprint density at radius 3 is 3.07 bits per heavy atom. The third kappa shape index (κ3) is 2.16. The van der Waals surface area contributed by atoms with E-state index in [9.17, 15) is 0 Å². The van der Waals surface area contributed by atoms with Crippen LogP contribution in [0.15, 0.2) is 36.0 Å². The molecule has 0 aromatic carbocycles. The third-order valence-electron chi connectivity index (χ3n) is 3.13. The number of hydrogen-bond donors (Lipinski definition) is 1. The molecule has 0 radical (unpaired) electrons. The fraction of sp³-hybridized carbons (Fsp3) is 0.538. The molecule has 1 aliphatic heterocycles. The van der Waals surface area contributed by atoms with Gasteiger partial charge in [0, 0.05) is 6.04 Å². The van der Waals surface area contributed by atoms with Gasteiger partial charge >= 0.3 is 0 Å². The van der Waals surface area contributed by atoms with Crippen LogP contribution in [0.1, 0.15) is 32.1 Å². The summed E-state index contributed by atoms with van der Waals surface area (Å²) < 4.78 is 0. The molecule has 1 fully saturated rings. The van der Waals surface area contributed by atoms with Gasteiger partial charge in [-0.3, -0.25) is 0 Å². The predicted octanol–water partition coefficient (Wildman–Crippen LogP) is 2.96. The van der Waals surface area contributed by atoms with E-state index in [-0.39, 0.29) is 0 Å². The van der Waals surface area contributed by atoms with Gasteiger partial charge in [-0.2, -0.15) is 0 Å². The van der Waals surface area contributed by atoms with E-state index >= 15 is 0 Å². The summed E-state index contributed by atoms with van der Waals surface area (Å²) in [6, 6.07) is 0.655. The lowest BCUT2D eigenvalue weighted by Gasteiger charge is -2.25. The van der Waals surface area contributed by atoms with Crippen LogP contribution in [0.25, 0.3) is 0 Å². The van der Waals surface area contributed by atoms with Crippen LogP contribution in [0.5, 0.6) is 0 Å². The lowest BCUT2D eigenvalue weighted by atomic mass is 9.95. The van der Waals surface area contributed by atoms with Gasteiger partial charge in [-0.15, -0.1) is 6.58 Å². The molecular formula is C13H19N. The lowest BCUT2D eigenvalue weighted by Crippen LogP contribution is -2.35. The number of hydrogen-bond acceptors (Lipinski definition) is 1. The van der Waals surface area contributed by atoms with Gasteiger partial charge < -0.3 is 5.32 Å². The molecule has 0 aromatic heterocycles. The maximum Gasteiger partial charge on any atom is 0.0285 e. The maximum atomic E-state index is 3.78. The number of allylic oxidation sites excluding steroid dienone is 4. The molecule has 0 amide bonds. The molecule has 1 atom stereocenters. The summed E-state index contributed by atoms with van der Waals surface area (Å²) >= 11 is 0. The van der Waals surface area contributed by atoms with Crippen LogP contribution in [-0.2, 0) is 0 Å². The molecule has 0 aromatic rings. The summed E-state index contributed by atoms with van der Waals surface area (Å²) in [5.74, 6) is 0. The zero-order valence-electron chi connectivity index (χ0n) is 8.76. The summed E-state index contributed by atoms with van der Waals surface area (Å²) in [5, 5.41) is 3.60. The molecule has 1 heterocycles. The van der Waals surface area contributed by atoms with E-state index in [0.29, 0.717) is 6.04 Å². The van der Waals surface area contributed by atoms with Crippen molar-refractivity contribution in [1.29, 1.82) is 0 Å². The minimum atomic E-state index is 0.655. The van der Waals surface area contributed by atoms with E-state index in [1.807, 2.05) is 6.08 Å². The summed E-state index contributed by atoms with van der Waals surface area (Å²) in [7, 11) is 0. The fourth-order valence-electron chi connectivity index (χ4n) is 2.34. The Balaban J connectivity index is 1.87. The van der Waals surface area contributed by atoms with Gasteiger partial charge in [0.15, 0.2) is 0 Å². The average molecular weight is 189 g/mol. The summed E-state index contributed by atoms with van der Waals surface area (Å²) in [5.41, 5.74) is 3.10. The van der Waals surface area contributed by atoms with Crippen molar-refractivity contribution >= 4 is 0 Å². The second kappa shape index (κ2) is 4.61. The van der Waals surface area contributed by atoms with Gasteiger partial charge in [-0.05, 0) is 37.8 Å². The SMILES string of the molecule is C=CCC1=CC=C(C2CCCCN2)C1. The second-order valence-corrected chi connectivity index (χ2v) is 4.24. The molecule has 1 heteroatoms. The zero-order chi connectivity index (χ0) is 9.80. The Morgan fingerprint density at radius 2 is 2.36 bits per heavy atom. The zero-order valence-corrected chi connectivity index (χ0v) is 8.76. The number of piperidine rings is 1. The average Bonchev–Trinajstić information content (AvgIpc) is 2.68. The molecule has 0 saturated carbocycles. The topological polar surface area (TPSA) is 12.0 Å². The molecule has 14 heavy (non-hydrogen) atoms. The first-order chi connectivity index (χ1) is 6.90. The van der Waals surface area contributed by atoms with Crippen LogP contribution in [0.2, 0.25) is 0 Å². The fourth-order valence-corrected chi connectivity index (χ4v) is 2.34. The van der Waals surface area contributed by atoms with E-state index in [1.54, 1.807) is 5.57 Å². The summed E-state index contributed by atoms with van der Waals surface area (Å²) in [4.78, 5) is 0. The standard InChI is InChI=1S/C13H19N/c1-2-5-11-7-8-12(10-11)13-6-3-4-9-14-13/h2,7-8,13-14H,1,3-6,9-10H2. The first kappa shape index (κ1) is 9.72. The van der Waals surface area contributed by atoms with Crippen molar-refractivity contribution in [2.75, 3.05) is 6.54 Å². The highest BCUT2D eigenvalue weighted by molar-refractivity contribution is 5.34. The smallest absolute Gasteiger partial charge is 0.0285 e. The minimum Gasteiger partial charge on any atom is -0.310 e. The van der Waals surface area contributed by atoms with Gasteiger partial charge in [0.05, 0.1) is 0 Å². The van der Waals surface area contributed by atoms with Gasteiger partial charge in [-0.1, -0.05) is 30.2 Å². The molecule has 0 bridgehead atoms. The van der Waals surface area contributed by atoms with Crippen LogP contribution >= 0.6 is 0 Å². The third-order valence-corrected chi connectivity index (χ3v) is 3.13. The highest BCUT2D eigenvalue weighted by Crippen LogP contribution is 2.27. The highest BCUT2D eigenvalue weighted by Gasteiger charge is 2.19. The lowest BCUT2D eigenvalue weighted by molar-refractivity contribution is 0.436. The minimum absolute atomic E-state index is 0.655. The Bertz CT molecular complexity index is 267. The molecule has 1 aliphatic carbocycles. The van der Waals surface area contributed by atoms with Crippen LogP contribution in [0.4, 0.5) is 0 Å². The van der Waals surface area contributed by atoms with Gasteiger partial charge in [0.1, 0.15) is 0 Å². The van der Waals surface area contributed by atoms with Crippen molar-refractivity contribution in [2.24, 2.45) is 0 Å². The maximum absolute atomic E-state index is 3.78. The first-order valence-electron chi connectivity index (χ1n) is 5.63. The monoisotopic (exact) mass is 189 g/mol. The van der Waals surface area contributed by atoms with Gasteiger partial charge in [0.25, 0.3) is 0 Å². The van der Waals surface area contributed by atoms with Crippen LogP contribution in [-0.4, -0.2) is 12.6 Å². The largest absolute Gasteiger partial charge is 0.310 e. The first-order valence-corrected chi connectivity index (χ1v) is 5.63. The molecule has 76 valence electrons. The quantitative estimate of drug-likeness (QED) is 0.673. The molecule has 1 N–H and O–H groups in total. The normalized spacial score (nSPS) is 27.0. The van der Waals surface area contributed by atoms with Crippen LogP contribution in [0, 0.1) is 0 Å². The van der Waals surface area contributed by atoms with Crippen molar-refractivity contribution in [3.63, 3.8) is 0 Å². The van der Waals surface area contributed by atoms with E-state index in [1.165, 1.54) is 37.8 Å². The number of nitrogens with one attached hydrogen (secondary N) is 1.